The Morgan fingerprint density at radius 2 is 1.63 bits per heavy atom. The topological polar surface area (TPSA) is 71.3 Å². The van der Waals surface area contributed by atoms with Crippen LogP contribution in [0.3, 0.4) is 0 Å². The van der Waals surface area contributed by atoms with E-state index in [9.17, 15) is 13.6 Å². The van der Waals surface area contributed by atoms with Crippen LogP contribution in [0.5, 0.6) is 0 Å². The van der Waals surface area contributed by atoms with Crippen LogP contribution in [0.25, 0.3) is 17.0 Å². The molecule has 0 fully saturated rings. The molecule has 0 aliphatic carbocycles. The van der Waals surface area contributed by atoms with Gasteiger partial charge in [-0.1, -0.05) is 58.7 Å². The fourth-order valence-corrected chi connectivity index (χ4v) is 4.18. The van der Waals surface area contributed by atoms with E-state index in [-0.39, 0.29) is 11.6 Å². The summed E-state index contributed by atoms with van der Waals surface area (Å²) in [5.74, 6) is -1.07. The van der Waals surface area contributed by atoms with Gasteiger partial charge in [-0.2, -0.15) is 4.98 Å². The number of allylic oxidation sites excluding steroid dienone is 1. The number of amides is 2. The molecule has 1 unspecified atom stereocenters. The van der Waals surface area contributed by atoms with E-state index in [1.54, 1.807) is 31.2 Å². The Hall–Kier alpha value is -4.04. The summed E-state index contributed by atoms with van der Waals surface area (Å²) in [5, 5.41) is 7.55. The fraction of sp³-hybridized carbons (Fsp3) is 0.115. The number of hydrogen-bond donors (Lipinski definition) is 1. The Labute approximate surface area is 204 Å². The number of carbonyl (C=O) groups excluding carboxylic acids is 1. The third-order valence-corrected chi connectivity index (χ3v) is 6.01. The molecule has 1 N–H and O–H groups in total. The van der Waals surface area contributed by atoms with Gasteiger partial charge in [0.25, 0.3) is 5.89 Å². The maximum atomic E-state index is 14.0. The molecule has 0 spiro atoms. The largest absolute Gasteiger partial charge is 0.334 e. The van der Waals surface area contributed by atoms with E-state index in [2.05, 4.69) is 15.5 Å². The van der Waals surface area contributed by atoms with Crippen LogP contribution in [0.2, 0.25) is 5.02 Å². The van der Waals surface area contributed by atoms with Crippen molar-refractivity contribution < 1.29 is 18.1 Å². The Morgan fingerprint density at radius 1 is 0.971 bits per heavy atom. The van der Waals surface area contributed by atoms with Crippen LogP contribution in [0.4, 0.5) is 19.3 Å². The number of rotatable bonds is 4. The van der Waals surface area contributed by atoms with Gasteiger partial charge in [0.1, 0.15) is 11.6 Å². The second-order valence-corrected chi connectivity index (χ2v) is 8.62. The number of nitrogens with zero attached hydrogens (tertiary/aromatic N) is 3. The van der Waals surface area contributed by atoms with Gasteiger partial charge in [-0.25, -0.2) is 13.6 Å². The first-order chi connectivity index (χ1) is 16.8. The zero-order valence-corrected chi connectivity index (χ0v) is 19.5. The normalized spacial score (nSPS) is 16.0. The summed E-state index contributed by atoms with van der Waals surface area (Å²) in [6, 6.07) is 16.3. The Bertz CT molecular complexity index is 1430. The minimum atomic E-state index is -0.804. The van der Waals surface area contributed by atoms with Crippen molar-refractivity contribution in [3.8, 4) is 11.4 Å². The van der Waals surface area contributed by atoms with Gasteiger partial charge < -0.3 is 9.84 Å². The number of aryl methyl sites for hydroxylation is 1. The number of benzene rings is 3. The molecule has 35 heavy (non-hydrogen) atoms. The van der Waals surface area contributed by atoms with Crippen LogP contribution in [0.1, 0.15) is 30.0 Å². The molecule has 5 rings (SSSR count). The van der Waals surface area contributed by atoms with Crippen molar-refractivity contribution in [1.82, 2.24) is 15.5 Å². The van der Waals surface area contributed by atoms with Crippen molar-refractivity contribution in [3.63, 3.8) is 0 Å². The highest BCUT2D eigenvalue weighted by Crippen LogP contribution is 2.39. The molecule has 1 aromatic heterocycles. The van der Waals surface area contributed by atoms with Crippen molar-refractivity contribution in [2.45, 2.75) is 19.9 Å². The maximum Gasteiger partial charge on any atom is 0.327 e. The molecule has 2 amide bonds. The molecule has 1 aliphatic heterocycles. The zero-order chi connectivity index (χ0) is 24.7. The van der Waals surface area contributed by atoms with E-state index in [1.807, 2.05) is 31.2 Å². The number of hydrogen-bond acceptors (Lipinski definition) is 4. The first kappa shape index (κ1) is 22.7. The number of nitrogens with one attached hydrogen (secondary N) is 1. The van der Waals surface area contributed by atoms with Crippen molar-refractivity contribution in [3.05, 3.63) is 106 Å². The van der Waals surface area contributed by atoms with E-state index < -0.39 is 23.7 Å². The van der Waals surface area contributed by atoms with E-state index >= 15 is 0 Å². The van der Waals surface area contributed by atoms with Crippen LogP contribution in [0.15, 0.2) is 77.0 Å². The molecule has 2 heterocycles. The summed E-state index contributed by atoms with van der Waals surface area (Å²) in [6.07, 6.45) is 0. The second kappa shape index (κ2) is 8.96. The van der Waals surface area contributed by atoms with E-state index in [1.165, 1.54) is 4.90 Å². The number of aromatic nitrogens is 2. The summed E-state index contributed by atoms with van der Waals surface area (Å²) < 4.78 is 33.6. The van der Waals surface area contributed by atoms with E-state index in [0.29, 0.717) is 22.1 Å². The first-order valence-electron chi connectivity index (χ1n) is 10.7. The summed E-state index contributed by atoms with van der Waals surface area (Å²) in [4.78, 5) is 18.9. The lowest BCUT2D eigenvalue weighted by atomic mass is 9.94. The van der Waals surface area contributed by atoms with Gasteiger partial charge in [-0.05, 0) is 43.7 Å². The number of halogens is 3. The highest BCUT2D eigenvalue weighted by molar-refractivity contribution is 6.30. The monoisotopic (exact) mass is 492 g/mol. The SMILES string of the molecule is CC1=C(c2nc(-c3ccc(C)cc3)no2)C(c2ccc(Cl)cc2)NC(=O)N1c1cc(F)cc(F)c1. The maximum absolute atomic E-state index is 14.0. The average molecular weight is 493 g/mol. The number of anilines is 1. The lowest BCUT2D eigenvalue weighted by molar-refractivity contribution is 0.244. The van der Waals surface area contributed by atoms with Crippen LogP contribution in [-0.4, -0.2) is 16.2 Å². The van der Waals surface area contributed by atoms with Crippen molar-refractivity contribution >= 4 is 28.9 Å². The minimum Gasteiger partial charge on any atom is -0.334 e. The van der Waals surface area contributed by atoms with Crippen molar-refractivity contribution in [2.75, 3.05) is 4.90 Å². The molecule has 1 atom stereocenters. The summed E-state index contributed by atoms with van der Waals surface area (Å²) >= 11 is 6.06. The average Bonchev–Trinajstić information content (AvgIpc) is 3.29. The summed E-state index contributed by atoms with van der Waals surface area (Å²) in [6.45, 7) is 3.64. The van der Waals surface area contributed by atoms with Gasteiger partial charge >= 0.3 is 6.03 Å². The summed E-state index contributed by atoms with van der Waals surface area (Å²) in [5.41, 5.74) is 3.47. The summed E-state index contributed by atoms with van der Waals surface area (Å²) in [7, 11) is 0. The molecule has 4 aromatic rings. The number of urea groups is 1. The lowest BCUT2D eigenvalue weighted by Crippen LogP contribution is -2.46. The molecule has 0 radical (unpaired) electrons. The van der Waals surface area contributed by atoms with Crippen LogP contribution in [-0.2, 0) is 0 Å². The Balaban J connectivity index is 1.66. The molecule has 0 saturated carbocycles. The van der Waals surface area contributed by atoms with Gasteiger partial charge in [0, 0.05) is 22.3 Å². The lowest BCUT2D eigenvalue weighted by Gasteiger charge is -2.35. The molecule has 0 saturated heterocycles. The van der Waals surface area contributed by atoms with Gasteiger partial charge in [0.05, 0.1) is 17.3 Å². The number of carbonyl (C=O) groups is 1. The molecule has 9 heteroatoms. The van der Waals surface area contributed by atoms with Gasteiger partial charge in [0.15, 0.2) is 0 Å². The van der Waals surface area contributed by atoms with Crippen LogP contribution >= 0.6 is 11.6 Å². The highest BCUT2D eigenvalue weighted by atomic mass is 35.5. The molecule has 3 aromatic carbocycles. The molecular weight excluding hydrogens is 474 g/mol. The van der Waals surface area contributed by atoms with Crippen LogP contribution in [0, 0.1) is 18.6 Å². The Kier molecular flexibility index (Phi) is 5.82. The third kappa shape index (κ3) is 4.40. The standard InChI is InChI=1S/C26H19ClF2N4O2/c1-14-3-5-17(6-4-14)24-31-25(35-32-24)22-15(2)33(21-12-19(28)11-20(29)13-21)26(34)30-23(22)16-7-9-18(27)10-8-16/h3-13,23H,1-2H3,(H,30,34). The quantitative estimate of drug-likeness (QED) is 0.345. The molecule has 6 nitrogen and oxygen atoms in total. The highest BCUT2D eigenvalue weighted by Gasteiger charge is 2.36. The fourth-order valence-electron chi connectivity index (χ4n) is 4.06. The Morgan fingerprint density at radius 3 is 2.29 bits per heavy atom. The molecular formula is C26H19ClF2N4O2. The smallest absolute Gasteiger partial charge is 0.327 e. The predicted molar refractivity (Wildman–Crippen MR) is 129 cm³/mol. The van der Waals surface area contributed by atoms with E-state index in [4.69, 9.17) is 16.1 Å². The van der Waals surface area contributed by atoms with Gasteiger partial charge in [-0.15, -0.1) is 0 Å². The molecule has 176 valence electrons. The van der Waals surface area contributed by atoms with E-state index in [0.717, 1.165) is 34.9 Å². The second-order valence-electron chi connectivity index (χ2n) is 8.19. The first-order valence-corrected chi connectivity index (χ1v) is 11.1. The molecule has 0 bridgehead atoms. The van der Waals surface area contributed by atoms with Gasteiger partial charge in [0.2, 0.25) is 5.82 Å². The predicted octanol–water partition coefficient (Wildman–Crippen LogP) is 6.68. The van der Waals surface area contributed by atoms with Crippen LogP contribution < -0.4 is 10.2 Å². The molecule has 1 aliphatic rings. The minimum absolute atomic E-state index is 0.0304. The van der Waals surface area contributed by atoms with Crippen molar-refractivity contribution in [1.29, 1.82) is 0 Å². The van der Waals surface area contributed by atoms with Gasteiger partial charge in [-0.3, -0.25) is 4.90 Å². The zero-order valence-electron chi connectivity index (χ0n) is 18.7. The third-order valence-electron chi connectivity index (χ3n) is 5.76. The van der Waals surface area contributed by atoms with Crippen molar-refractivity contribution in [2.24, 2.45) is 0 Å².